The third-order valence-corrected chi connectivity index (χ3v) is 3.66. The number of aromatic nitrogens is 2. The Bertz CT molecular complexity index is 531. The molecular weight excluding hydrogens is 278 g/mol. The highest BCUT2D eigenvalue weighted by Gasteiger charge is 2.11. The zero-order valence-electron chi connectivity index (χ0n) is 9.50. The molecule has 0 aliphatic heterocycles. The van der Waals surface area contributed by atoms with Crippen LogP contribution < -0.4 is 0 Å². The molecule has 1 aromatic heterocycles. The van der Waals surface area contributed by atoms with Crippen LogP contribution in [0.4, 0.5) is 8.78 Å². The van der Waals surface area contributed by atoms with E-state index >= 15 is 0 Å². The van der Waals surface area contributed by atoms with Crippen molar-refractivity contribution in [2.75, 3.05) is 5.88 Å². The van der Waals surface area contributed by atoms with Gasteiger partial charge in [0.05, 0.1) is 0 Å². The summed E-state index contributed by atoms with van der Waals surface area (Å²) in [6.07, 6.45) is 1.87. The molecule has 0 N–H and O–H groups in total. The molecule has 1 heterocycles. The summed E-state index contributed by atoms with van der Waals surface area (Å²) < 4.78 is 26.5. The van der Waals surface area contributed by atoms with Gasteiger partial charge in [0.1, 0.15) is 10.0 Å². The molecule has 0 bridgehead atoms. The Morgan fingerprint density at radius 1 is 1.17 bits per heavy atom. The smallest absolute Gasteiger partial charge is 0.162 e. The van der Waals surface area contributed by atoms with Gasteiger partial charge in [0.25, 0.3) is 0 Å². The molecule has 0 aliphatic carbocycles. The van der Waals surface area contributed by atoms with E-state index in [4.69, 9.17) is 11.6 Å². The lowest BCUT2D eigenvalue weighted by molar-refractivity contribution is 0.500. The maximum absolute atomic E-state index is 13.5. The fraction of sp³-hybridized carbons (Fsp3) is 0.333. The molecule has 96 valence electrons. The molecule has 18 heavy (non-hydrogen) atoms. The van der Waals surface area contributed by atoms with Crippen molar-refractivity contribution in [2.24, 2.45) is 0 Å². The number of aryl methyl sites for hydroxylation is 1. The fourth-order valence-corrected chi connectivity index (χ4v) is 2.57. The minimum absolute atomic E-state index is 0.266. The molecule has 0 amide bonds. The molecule has 2 rings (SSSR count). The second-order valence-electron chi connectivity index (χ2n) is 3.77. The lowest BCUT2D eigenvalue weighted by atomic mass is 10.1. The van der Waals surface area contributed by atoms with Crippen molar-refractivity contribution in [1.82, 2.24) is 10.2 Å². The predicted molar refractivity (Wildman–Crippen MR) is 68.1 cm³/mol. The molecule has 2 aromatic rings. The molecule has 1 aromatic carbocycles. The van der Waals surface area contributed by atoms with Crippen LogP contribution in [0.3, 0.4) is 0 Å². The van der Waals surface area contributed by atoms with E-state index in [9.17, 15) is 8.78 Å². The third-order valence-electron chi connectivity index (χ3n) is 2.41. The summed E-state index contributed by atoms with van der Waals surface area (Å²) in [7, 11) is 0. The first-order valence-corrected chi connectivity index (χ1v) is 6.86. The van der Waals surface area contributed by atoms with Gasteiger partial charge in [0.15, 0.2) is 11.6 Å². The van der Waals surface area contributed by atoms with Crippen LogP contribution in [0.5, 0.6) is 0 Å². The van der Waals surface area contributed by atoms with Crippen molar-refractivity contribution in [3.63, 3.8) is 0 Å². The van der Waals surface area contributed by atoms with Crippen LogP contribution in [0.1, 0.15) is 22.0 Å². The van der Waals surface area contributed by atoms with E-state index in [0.717, 1.165) is 23.9 Å². The Hall–Kier alpha value is -1.07. The maximum Gasteiger partial charge on any atom is 0.162 e. The van der Waals surface area contributed by atoms with Crippen LogP contribution in [0, 0.1) is 11.6 Å². The van der Waals surface area contributed by atoms with Crippen LogP contribution in [-0.4, -0.2) is 16.1 Å². The summed E-state index contributed by atoms with van der Waals surface area (Å²) in [5.74, 6) is -1.07. The van der Waals surface area contributed by atoms with Crippen molar-refractivity contribution < 1.29 is 8.78 Å². The summed E-state index contributed by atoms with van der Waals surface area (Å²) in [6, 6.07) is 4.15. The van der Waals surface area contributed by atoms with Gasteiger partial charge < -0.3 is 0 Å². The van der Waals surface area contributed by atoms with E-state index in [1.807, 2.05) is 0 Å². The lowest BCUT2D eigenvalue weighted by Crippen LogP contribution is -1.95. The summed E-state index contributed by atoms with van der Waals surface area (Å²) in [5, 5.41) is 9.53. The van der Waals surface area contributed by atoms with Gasteiger partial charge in [-0.1, -0.05) is 12.1 Å². The first kappa shape index (κ1) is 13.4. The second kappa shape index (κ2) is 6.20. The van der Waals surface area contributed by atoms with Crippen LogP contribution >= 0.6 is 22.9 Å². The highest BCUT2D eigenvalue weighted by atomic mass is 35.5. The number of hydrogen-bond acceptors (Lipinski definition) is 3. The van der Waals surface area contributed by atoms with Gasteiger partial charge in [0.2, 0.25) is 0 Å². The summed E-state index contributed by atoms with van der Waals surface area (Å²) >= 11 is 7.00. The van der Waals surface area contributed by atoms with Gasteiger partial charge in [-0.15, -0.1) is 33.1 Å². The van der Waals surface area contributed by atoms with Crippen LogP contribution in [0.2, 0.25) is 0 Å². The minimum Gasteiger partial charge on any atom is -0.204 e. The van der Waals surface area contributed by atoms with Crippen molar-refractivity contribution >= 4 is 22.9 Å². The molecule has 0 fully saturated rings. The topological polar surface area (TPSA) is 25.8 Å². The Balaban J connectivity index is 2.09. The van der Waals surface area contributed by atoms with Gasteiger partial charge in [-0.2, -0.15) is 0 Å². The van der Waals surface area contributed by atoms with Crippen LogP contribution in [-0.2, 0) is 12.8 Å². The van der Waals surface area contributed by atoms with E-state index in [1.54, 1.807) is 6.07 Å². The quantitative estimate of drug-likeness (QED) is 0.786. The fourth-order valence-electron chi connectivity index (χ4n) is 1.53. The van der Waals surface area contributed by atoms with Gasteiger partial charge in [-0.05, 0) is 18.1 Å². The Labute approximate surface area is 113 Å². The van der Waals surface area contributed by atoms with E-state index in [0.29, 0.717) is 16.5 Å². The number of hydrogen-bond donors (Lipinski definition) is 0. The van der Waals surface area contributed by atoms with Gasteiger partial charge >= 0.3 is 0 Å². The molecular formula is C12H11ClF2N2S. The van der Waals surface area contributed by atoms with Gasteiger partial charge in [0, 0.05) is 18.7 Å². The predicted octanol–water partition coefficient (Wildman–Crippen LogP) is 3.58. The molecule has 0 aliphatic rings. The summed E-state index contributed by atoms with van der Waals surface area (Å²) in [5.41, 5.74) is 0.301. The standard InChI is InChI=1S/C12H11ClF2N2S/c13-6-2-5-10-16-17-11(18-10)7-8-3-1-4-9(14)12(8)15/h1,3-4H,2,5-7H2. The zero-order valence-corrected chi connectivity index (χ0v) is 11.1. The monoisotopic (exact) mass is 288 g/mol. The van der Waals surface area contributed by atoms with Crippen molar-refractivity contribution in [3.05, 3.63) is 45.4 Å². The second-order valence-corrected chi connectivity index (χ2v) is 5.30. The first-order chi connectivity index (χ1) is 8.70. The molecule has 0 spiro atoms. The molecule has 0 saturated heterocycles. The maximum atomic E-state index is 13.5. The van der Waals surface area contributed by atoms with Crippen LogP contribution in [0.25, 0.3) is 0 Å². The molecule has 0 unspecified atom stereocenters. The Morgan fingerprint density at radius 3 is 2.72 bits per heavy atom. The Morgan fingerprint density at radius 2 is 1.94 bits per heavy atom. The highest BCUT2D eigenvalue weighted by molar-refractivity contribution is 7.11. The first-order valence-electron chi connectivity index (χ1n) is 5.51. The number of rotatable bonds is 5. The number of benzene rings is 1. The SMILES string of the molecule is Fc1cccc(Cc2nnc(CCCCl)s2)c1F. The van der Waals surface area contributed by atoms with Crippen molar-refractivity contribution in [3.8, 4) is 0 Å². The molecule has 6 heteroatoms. The number of halogens is 3. The van der Waals surface area contributed by atoms with Gasteiger partial charge in [-0.25, -0.2) is 8.78 Å². The average Bonchev–Trinajstić information content (AvgIpc) is 2.80. The van der Waals surface area contributed by atoms with Crippen LogP contribution in [0.15, 0.2) is 18.2 Å². The van der Waals surface area contributed by atoms with Crippen molar-refractivity contribution in [1.29, 1.82) is 0 Å². The normalized spacial score (nSPS) is 10.8. The largest absolute Gasteiger partial charge is 0.204 e. The highest BCUT2D eigenvalue weighted by Crippen LogP contribution is 2.19. The van der Waals surface area contributed by atoms with E-state index in [1.165, 1.54) is 17.4 Å². The van der Waals surface area contributed by atoms with E-state index in [2.05, 4.69) is 10.2 Å². The van der Waals surface area contributed by atoms with Crippen molar-refractivity contribution in [2.45, 2.75) is 19.3 Å². The molecule has 2 nitrogen and oxygen atoms in total. The molecule has 0 atom stereocenters. The average molecular weight is 289 g/mol. The summed E-state index contributed by atoms with van der Waals surface area (Å²) in [4.78, 5) is 0. The third kappa shape index (κ3) is 3.23. The van der Waals surface area contributed by atoms with E-state index < -0.39 is 11.6 Å². The molecule has 0 radical (unpaired) electrons. The minimum atomic E-state index is -0.834. The number of nitrogens with zero attached hydrogens (tertiary/aromatic N) is 2. The Kier molecular flexibility index (Phi) is 4.60. The number of alkyl halides is 1. The van der Waals surface area contributed by atoms with Gasteiger partial charge in [-0.3, -0.25) is 0 Å². The summed E-state index contributed by atoms with van der Waals surface area (Å²) in [6.45, 7) is 0. The zero-order chi connectivity index (χ0) is 13.0. The molecule has 0 saturated carbocycles. The lowest BCUT2D eigenvalue weighted by Gasteiger charge is -2.00. The van der Waals surface area contributed by atoms with E-state index in [-0.39, 0.29) is 6.42 Å².